The van der Waals surface area contributed by atoms with Crippen molar-refractivity contribution in [2.45, 2.75) is 38.1 Å². The molecule has 2 aromatic rings. The van der Waals surface area contributed by atoms with Crippen molar-refractivity contribution in [1.29, 1.82) is 5.26 Å². The van der Waals surface area contributed by atoms with Gasteiger partial charge in [-0.2, -0.15) is 10.4 Å². The lowest BCUT2D eigenvalue weighted by molar-refractivity contribution is 0.390. The van der Waals surface area contributed by atoms with Gasteiger partial charge in [0.1, 0.15) is 23.9 Å². The molecule has 20 heavy (non-hydrogen) atoms. The summed E-state index contributed by atoms with van der Waals surface area (Å²) in [4.78, 5) is 3.91. The number of benzene rings is 1. The first-order valence-corrected chi connectivity index (χ1v) is 6.70. The van der Waals surface area contributed by atoms with Crippen molar-refractivity contribution in [2.24, 2.45) is 0 Å². The van der Waals surface area contributed by atoms with Gasteiger partial charge in [-0.1, -0.05) is 31.9 Å². The standard InChI is InChI=1S/C15H17FN4/c1-2-3-8-15(9-17,10-20-12-18-11-19-20)13-4-6-14(16)7-5-13/h4-7,11-12H,2-3,8,10H2,1H3. The number of nitriles is 1. The molecule has 1 atom stereocenters. The molecule has 104 valence electrons. The van der Waals surface area contributed by atoms with Crippen molar-refractivity contribution in [2.75, 3.05) is 0 Å². The molecule has 2 rings (SSSR count). The second-order valence-electron chi connectivity index (χ2n) is 4.90. The highest BCUT2D eigenvalue weighted by molar-refractivity contribution is 5.32. The molecule has 0 fully saturated rings. The summed E-state index contributed by atoms with van der Waals surface area (Å²) in [7, 11) is 0. The lowest BCUT2D eigenvalue weighted by Crippen LogP contribution is -2.30. The summed E-state index contributed by atoms with van der Waals surface area (Å²) in [6.45, 7) is 2.51. The lowest BCUT2D eigenvalue weighted by Gasteiger charge is -2.27. The maximum atomic E-state index is 13.1. The molecule has 4 nitrogen and oxygen atoms in total. The molecule has 0 N–H and O–H groups in total. The van der Waals surface area contributed by atoms with Crippen LogP contribution in [0.4, 0.5) is 4.39 Å². The molecule has 1 heterocycles. The van der Waals surface area contributed by atoms with Crippen LogP contribution < -0.4 is 0 Å². The first kappa shape index (κ1) is 14.2. The Hall–Kier alpha value is -2.22. The van der Waals surface area contributed by atoms with Gasteiger partial charge in [-0.25, -0.2) is 9.37 Å². The van der Waals surface area contributed by atoms with Crippen LogP contribution in [-0.2, 0) is 12.0 Å². The van der Waals surface area contributed by atoms with E-state index in [4.69, 9.17) is 0 Å². The van der Waals surface area contributed by atoms with E-state index in [1.165, 1.54) is 18.5 Å². The van der Waals surface area contributed by atoms with Gasteiger partial charge in [0.25, 0.3) is 0 Å². The Kier molecular flexibility index (Phi) is 4.46. The zero-order valence-corrected chi connectivity index (χ0v) is 11.5. The molecule has 0 saturated carbocycles. The smallest absolute Gasteiger partial charge is 0.137 e. The molecule has 0 amide bonds. The Morgan fingerprint density at radius 2 is 2.10 bits per heavy atom. The van der Waals surface area contributed by atoms with E-state index in [2.05, 4.69) is 23.1 Å². The van der Waals surface area contributed by atoms with Gasteiger partial charge in [-0.05, 0) is 24.1 Å². The fraction of sp³-hybridized carbons (Fsp3) is 0.400. The summed E-state index contributed by atoms with van der Waals surface area (Å²) >= 11 is 0. The van der Waals surface area contributed by atoms with Crippen LogP contribution in [-0.4, -0.2) is 14.8 Å². The van der Waals surface area contributed by atoms with Crippen LogP contribution in [0, 0.1) is 17.1 Å². The largest absolute Gasteiger partial charge is 0.251 e. The fourth-order valence-corrected chi connectivity index (χ4v) is 2.31. The van der Waals surface area contributed by atoms with Crippen LogP contribution >= 0.6 is 0 Å². The van der Waals surface area contributed by atoms with Crippen LogP contribution in [0.2, 0.25) is 0 Å². The van der Waals surface area contributed by atoms with E-state index in [0.717, 1.165) is 18.4 Å². The average molecular weight is 272 g/mol. The summed E-state index contributed by atoms with van der Waals surface area (Å²) in [5.41, 5.74) is 0.127. The van der Waals surface area contributed by atoms with Gasteiger partial charge in [-0.15, -0.1) is 0 Å². The highest BCUT2D eigenvalue weighted by Crippen LogP contribution is 2.31. The van der Waals surface area contributed by atoms with Gasteiger partial charge in [-0.3, -0.25) is 4.68 Å². The van der Waals surface area contributed by atoms with Crippen molar-refractivity contribution in [3.05, 3.63) is 48.3 Å². The van der Waals surface area contributed by atoms with Crippen molar-refractivity contribution in [3.63, 3.8) is 0 Å². The molecule has 5 heteroatoms. The van der Waals surface area contributed by atoms with Crippen LogP contribution in [0.25, 0.3) is 0 Å². The quantitative estimate of drug-likeness (QED) is 0.812. The van der Waals surface area contributed by atoms with Crippen molar-refractivity contribution in [3.8, 4) is 6.07 Å². The molecule has 0 saturated heterocycles. The molecule has 1 aromatic carbocycles. The summed E-state index contributed by atoms with van der Waals surface area (Å²) in [6, 6.07) is 8.58. The molecule has 0 radical (unpaired) electrons. The first-order chi connectivity index (χ1) is 9.70. The molecule has 0 spiro atoms. The second kappa shape index (κ2) is 6.29. The van der Waals surface area contributed by atoms with E-state index in [1.807, 2.05) is 0 Å². The van der Waals surface area contributed by atoms with E-state index >= 15 is 0 Å². The number of halogens is 1. The Morgan fingerprint density at radius 1 is 1.35 bits per heavy atom. The number of rotatable bonds is 6. The monoisotopic (exact) mass is 272 g/mol. The zero-order valence-electron chi connectivity index (χ0n) is 11.5. The summed E-state index contributed by atoms with van der Waals surface area (Å²) in [5.74, 6) is -0.295. The van der Waals surface area contributed by atoms with E-state index in [0.29, 0.717) is 13.0 Å². The third kappa shape index (κ3) is 3.02. The minimum Gasteiger partial charge on any atom is -0.251 e. The zero-order chi connectivity index (χ0) is 14.4. The lowest BCUT2D eigenvalue weighted by atomic mass is 9.77. The number of aromatic nitrogens is 3. The number of hydrogen-bond donors (Lipinski definition) is 0. The molecular weight excluding hydrogens is 255 g/mol. The Balaban J connectivity index is 2.36. The maximum absolute atomic E-state index is 13.1. The third-order valence-electron chi connectivity index (χ3n) is 3.47. The summed E-state index contributed by atoms with van der Waals surface area (Å²) < 4.78 is 14.8. The summed E-state index contributed by atoms with van der Waals surface area (Å²) in [5, 5.41) is 13.8. The Morgan fingerprint density at radius 3 is 2.65 bits per heavy atom. The van der Waals surface area contributed by atoms with Crippen LogP contribution in [0.3, 0.4) is 0 Å². The van der Waals surface area contributed by atoms with Gasteiger partial charge in [0.15, 0.2) is 0 Å². The van der Waals surface area contributed by atoms with Crippen LogP contribution in [0.1, 0.15) is 31.7 Å². The van der Waals surface area contributed by atoms with Gasteiger partial charge in [0, 0.05) is 0 Å². The van der Waals surface area contributed by atoms with Gasteiger partial charge >= 0.3 is 0 Å². The Labute approximate surface area is 117 Å². The van der Waals surface area contributed by atoms with E-state index in [1.54, 1.807) is 23.1 Å². The van der Waals surface area contributed by atoms with E-state index < -0.39 is 5.41 Å². The normalized spacial score (nSPS) is 13.7. The molecule has 0 bridgehead atoms. The number of unbranched alkanes of at least 4 members (excludes halogenated alkanes) is 1. The third-order valence-corrected chi connectivity index (χ3v) is 3.47. The van der Waals surface area contributed by atoms with Gasteiger partial charge in [0.2, 0.25) is 0 Å². The second-order valence-corrected chi connectivity index (χ2v) is 4.90. The fourth-order valence-electron chi connectivity index (χ4n) is 2.31. The van der Waals surface area contributed by atoms with E-state index in [9.17, 15) is 9.65 Å². The predicted molar refractivity (Wildman–Crippen MR) is 73.2 cm³/mol. The number of hydrogen-bond acceptors (Lipinski definition) is 3. The Bertz CT molecular complexity index is 571. The maximum Gasteiger partial charge on any atom is 0.137 e. The summed E-state index contributed by atoms with van der Waals surface area (Å²) in [6.07, 6.45) is 5.70. The van der Waals surface area contributed by atoms with Crippen LogP contribution in [0.5, 0.6) is 0 Å². The highest BCUT2D eigenvalue weighted by atomic mass is 19.1. The predicted octanol–water partition coefficient (Wildman–Crippen LogP) is 3.07. The van der Waals surface area contributed by atoms with Gasteiger partial charge < -0.3 is 0 Å². The van der Waals surface area contributed by atoms with Gasteiger partial charge in [0.05, 0.1) is 12.6 Å². The molecule has 0 aliphatic rings. The van der Waals surface area contributed by atoms with Crippen LogP contribution in [0.15, 0.2) is 36.9 Å². The van der Waals surface area contributed by atoms with Crippen molar-refractivity contribution >= 4 is 0 Å². The SMILES string of the molecule is CCCCC(C#N)(Cn1cncn1)c1ccc(F)cc1. The van der Waals surface area contributed by atoms with Crippen molar-refractivity contribution in [1.82, 2.24) is 14.8 Å². The van der Waals surface area contributed by atoms with E-state index in [-0.39, 0.29) is 5.82 Å². The molecule has 1 aromatic heterocycles. The molecular formula is C15H17FN4. The highest BCUT2D eigenvalue weighted by Gasteiger charge is 2.32. The van der Waals surface area contributed by atoms with Crippen molar-refractivity contribution < 1.29 is 4.39 Å². The first-order valence-electron chi connectivity index (χ1n) is 6.70. The molecule has 0 aliphatic heterocycles. The number of nitrogens with zero attached hydrogens (tertiary/aromatic N) is 4. The average Bonchev–Trinajstić information content (AvgIpc) is 2.97. The molecule has 0 aliphatic carbocycles. The minimum atomic E-state index is -0.697. The minimum absolute atomic E-state index is 0.295. The topological polar surface area (TPSA) is 54.5 Å². The molecule has 1 unspecified atom stereocenters.